The molecular weight excluding hydrogens is 212 g/mol. The molecule has 94 valence electrons. The Hall–Kier alpha value is -1.31. The average molecular weight is 234 g/mol. The monoisotopic (exact) mass is 234 g/mol. The number of hydrogen-bond acceptors (Lipinski definition) is 2. The molecule has 1 aromatic rings. The third kappa shape index (κ3) is 4.22. The van der Waals surface area contributed by atoms with Gasteiger partial charge in [0.25, 0.3) is 0 Å². The van der Waals surface area contributed by atoms with Gasteiger partial charge in [0.15, 0.2) is 5.78 Å². The predicted molar refractivity (Wildman–Crippen MR) is 70.6 cm³/mol. The molecule has 0 spiro atoms. The first-order chi connectivity index (χ1) is 7.59. The second kappa shape index (κ2) is 4.52. The Morgan fingerprint density at radius 3 is 2.12 bits per heavy atom. The van der Waals surface area contributed by atoms with Crippen molar-refractivity contribution < 1.29 is 9.53 Å². The number of rotatable bonds is 2. The van der Waals surface area contributed by atoms with E-state index in [1.807, 2.05) is 65.8 Å². The SMILES string of the molecule is CC(C)(C)Oc1cccc(C(=O)C(C)(C)C)c1. The van der Waals surface area contributed by atoms with Crippen molar-refractivity contribution in [3.63, 3.8) is 0 Å². The van der Waals surface area contributed by atoms with E-state index >= 15 is 0 Å². The highest BCUT2D eigenvalue weighted by Gasteiger charge is 2.23. The predicted octanol–water partition coefficient (Wildman–Crippen LogP) is 4.09. The number of carbonyl (C=O) groups is 1. The van der Waals surface area contributed by atoms with E-state index in [2.05, 4.69) is 0 Å². The molecular formula is C15H22O2. The zero-order valence-electron chi connectivity index (χ0n) is 11.6. The van der Waals surface area contributed by atoms with Crippen LogP contribution in [0.3, 0.4) is 0 Å². The summed E-state index contributed by atoms with van der Waals surface area (Å²) in [5, 5.41) is 0. The third-order valence-corrected chi connectivity index (χ3v) is 2.20. The number of hydrogen-bond donors (Lipinski definition) is 0. The van der Waals surface area contributed by atoms with Crippen LogP contribution in [0.4, 0.5) is 0 Å². The van der Waals surface area contributed by atoms with Gasteiger partial charge >= 0.3 is 0 Å². The summed E-state index contributed by atoms with van der Waals surface area (Å²) in [6.07, 6.45) is 0. The maximum Gasteiger partial charge on any atom is 0.168 e. The van der Waals surface area contributed by atoms with E-state index in [0.29, 0.717) is 5.56 Å². The Morgan fingerprint density at radius 2 is 1.65 bits per heavy atom. The molecule has 0 fully saturated rings. The van der Waals surface area contributed by atoms with Gasteiger partial charge in [0.2, 0.25) is 0 Å². The lowest BCUT2D eigenvalue weighted by Gasteiger charge is -2.22. The summed E-state index contributed by atoms with van der Waals surface area (Å²) in [6, 6.07) is 7.40. The van der Waals surface area contributed by atoms with Crippen molar-refractivity contribution in [1.29, 1.82) is 0 Å². The summed E-state index contributed by atoms with van der Waals surface area (Å²) in [5.41, 5.74) is 0.100. The van der Waals surface area contributed by atoms with Crippen LogP contribution in [0.15, 0.2) is 24.3 Å². The first-order valence-electron chi connectivity index (χ1n) is 5.93. The molecule has 0 aliphatic rings. The lowest BCUT2D eigenvalue weighted by molar-refractivity contribution is 0.0856. The van der Waals surface area contributed by atoms with Gasteiger partial charge in [0.05, 0.1) is 0 Å². The molecule has 1 rings (SSSR count). The van der Waals surface area contributed by atoms with Gasteiger partial charge in [-0.15, -0.1) is 0 Å². The number of benzene rings is 1. The normalized spacial score (nSPS) is 12.4. The fraction of sp³-hybridized carbons (Fsp3) is 0.533. The minimum absolute atomic E-state index is 0.136. The van der Waals surface area contributed by atoms with Crippen molar-refractivity contribution in [2.45, 2.75) is 47.1 Å². The molecule has 1 aromatic carbocycles. The summed E-state index contributed by atoms with van der Waals surface area (Å²) < 4.78 is 5.75. The highest BCUT2D eigenvalue weighted by atomic mass is 16.5. The summed E-state index contributed by atoms with van der Waals surface area (Å²) in [5.74, 6) is 0.879. The topological polar surface area (TPSA) is 26.3 Å². The number of ether oxygens (including phenoxy) is 1. The first kappa shape index (κ1) is 13.8. The van der Waals surface area contributed by atoms with Crippen LogP contribution in [0.1, 0.15) is 51.9 Å². The van der Waals surface area contributed by atoms with Gasteiger partial charge in [-0.25, -0.2) is 0 Å². The second-order valence-corrected chi connectivity index (χ2v) is 6.32. The summed E-state index contributed by atoms with van der Waals surface area (Å²) >= 11 is 0. The van der Waals surface area contributed by atoms with Gasteiger partial charge in [0.1, 0.15) is 11.4 Å². The maximum atomic E-state index is 12.1. The second-order valence-electron chi connectivity index (χ2n) is 6.32. The Balaban J connectivity index is 2.98. The maximum absolute atomic E-state index is 12.1. The Bertz CT molecular complexity index is 406. The van der Waals surface area contributed by atoms with Crippen LogP contribution < -0.4 is 4.74 Å². The molecule has 0 N–H and O–H groups in total. The minimum Gasteiger partial charge on any atom is -0.488 e. The summed E-state index contributed by atoms with van der Waals surface area (Å²) in [7, 11) is 0. The van der Waals surface area contributed by atoms with Crippen molar-refractivity contribution >= 4 is 5.78 Å². The van der Waals surface area contributed by atoms with Crippen LogP contribution in [-0.4, -0.2) is 11.4 Å². The fourth-order valence-corrected chi connectivity index (χ4v) is 1.49. The first-order valence-corrected chi connectivity index (χ1v) is 5.93. The van der Waals surface area contributed by atoms with E-state index in [4.69, 9.17) is 4.74 Å². The molecule has 17 heavy (non-hydrogen) atoms. The lowest BCUT2D eigenvalue weighted by atomic mass is 9.86. The van der Waals surface area contributed by atoms with E-state index in [1.165, 1.54) is 0 Å². The molecule has 2 nitrogen and oxygen atoms in total. The van der Waals surface area contributed by atoms with E-state index < -0.39 is 0 Å². The molecule has 0 aromatic heterocycles. The number of carbonyl (C=O) groups excluding carboxylic acids is 1. The van der Waals surface area contributed by atoms with Gasteiger partial charge < -0.3 is 4.74 Å². The highest BCUT2D eigenvalue weighted by molar-refractivity contribution is 6.00. The van der Waals surface area contributed by atoms with Gasteiger partial charge in [-0.1, -0.05) is 32.9 Å². The van der Waals surface area contributed by atoms with Crippen molar-refractivity contribution in [2.24, 2.45) is 5.41 Å². The van der Waals surface area contributed by atoms with Gasteiger partial charge in [-0.05, 0) is 32.9 Å². The molecule has 0 atom stereocenters. The van der Waals surface area contributed by atoms with Crippen molar-refractivity contribution in [2.75, 3.05) is 0 Å². The lowest BCUT2D eigenvalue weighted by Crippen LogP contribution is -2.24. The fourth-order valence-electron chi connectivity index (χ4n) is 1.49. The highest BCUT2D eigenvalue weighted by Crippen LogP contribution is 2.25. The average Bonchev–Trinajstić information content (AvgIpc) is 2.12. The van der Waals surface area contributed by atoms with Gasteiger partial charge in [-0.3, -0.25) is 4.79 Å². The van der Waals surface area contributed by atoms with Gasteiger partial charge in [0, 0.05) is 11.0 Å². The van der Waals surface area contributed by atoms with Crippen LogP contribution >= 0.6 is 0 Å². The molecule has 0 aliphatic heterocycles. The molecule has 0 saturated carbocycles. The van der Waals surface area contributed by atoms with E-state index in [0.717, 1.165) is 5.75 Å². The van der Waals surface area contributed by atoms with Crippen LogP contribution in [0, 0.1) is 5.41 Å². The van der Waals surface area contributed by atoms with Crippen molar-refractivity contribution in [3.8, 4) is 5.75 Å². The molecule has 0 heterocycles. The van der Waals surface area contributed by atoms with E-state index in [1.54, 1.807) is 0 Å². The Kier molecular flexibility index (Phi) is 3.65. The standard InChI is InChI=1S/C15H22O2/c1-14(2,3)13(16)11-8-7-9-12(10-11)17-15(4,5)6/h7-10H,1-6H3. The molecule has 0 radical (unpaired) electrons. The van der Waals surface area contributed by atoms with Crippen LogP contribution in [0.5, 0.6) is 5.75 Å². The van der Waals surface area contributed by atoms with Gasteiger partial charge in [-0.2, -0.15) is 0 Å². The van der Waals surface area contributed by atoms with Crippen LogP contribution in [-0.2, 0) is 0 Å². The minimum atomic E-state index is -0.361. The zero-order valence-corrected chi connectivity index (χ0v) is 11.6. The van der Waals surface area contributed by atoms with E-state index in [-0.39, 0.29) is 16.8 Å². The number of Topliss-reactive ketones (excluding diaryl/α,β-unsaturated/α-hetero) is 1. The quantitative estimate of drug-likeness (QED) is 0.720. The number of ketones is 1. The molecule has 0 amide bonds. The van der Waals surface area contributed by atoms with Crippen molar-refractivity contribution in [1.82, 2.24) is 0 Å². The van der Waals surface area contributed by atoms with Crippen molar-refractivity contribution in [3.05, 3.63) is 29.8 Å². The molecule has 0 unspecified atom stereocenters. The summed E-state index contributed by atoms with van der Waals surface area (Å²) in [6.45, 7) is 11.7. The van der Waals surface area contributed by atoms with Crippen LogP contribution in [0.25, 0.3) is 0 Å². The molecule has 0 bridgehead atoms. The van der Waals surface area contributed by atoms with Crippen LogP contribution in [0.2, 0.25) is 0 Å². The molecule has 2 heteroatoms. The zero-order chi connectivity index (χ0) is 13.3. The third-order valence-electron chi connectivity index (χ3n) is 2.20. The summed E-state index contributed by atoms with van der Waals surface area (Å²) in [4.78, 5) is 12.1. The smallest absolute Gasteiger partial charge is 0.168 e. The van der Waals surface area contributed by atoms with E-state index in [9.17, 15) is 4.79 Å². The largest absolute Gasteiger partial charge is 0.488 e. The molecule has 0 saturated heterocycles. The molecule has 0 aliphatic carbocycles. The Morgan fingerprint density at radius 1 is 1.06 bits per heavy atom. The Labute approximate surface area is 104 Å².